The third-order valence-electron chi connectivity index (χ3n) is 1.93. The van der Waals surface area contributed by atoms with E-state index in [0.717, 1.165) is 6.07 Å². The standard InChI is InChI=1S/C8H7N3O4/c1-4-6(12)3-5(11(14)15)8(9-2)7(4)10-13/h3,12H,2H2,1H3. The van der Waals surface area contributed by atoms with Crippen molar-refractivity contribution < 1.29 is 10.0 Å². The zero-order valence-corrected chi connectivity index (χ0v) is 7.80. The van der Waals surface area contributed by atoms with Crippen LogP contribution in [0.15, 0.2) is 16.2 Å². The monoisotopic (exact) mass is 209 g/mol. The third-order valence-corrected chi connectivity index (χ3v) is 1.93. The number of rotatable bonds is 3. The van der Waals surface area contributed by atoms with E-state index in [9.17, 15) is 20.1 Å². The predicted molar refractivity (Wildman–Crippen MR) is 54.2 cm³/mol. The number of hydrogen-bond acceptors (Lipinski definition) is 6. The van der Waals surface area contributed by atoms with Gasteiger partial charge in [-0.1, -0.05) is 0 Å². The van der Waals surface area contributed by atoms with Crippen LogP contribution in [0.2, 0.25) is 0 Å². The van der Waals surface area contributed by atoms with Gasteiger partial charge in [0.1, 0.15) is 11.4 Å². The number of phenolic OH excluding ortho intramolecular Hbond substituents is 1. The topological polar surface area (TPSA) is 105 Å². The van der Waals surface area contributed by atoms with E-state index in [0.29, 0.717) is 0 Å². The van der Waals surface area contributed by atoms with Gasteiger partial charge in [0.05, 0.1) is 11.0 Å². The average Bonchev–Trinajstić information content (AvgIpc) is 2.20. The Bertz CT molecular complexity index is 456. The molecular weight excluding hydrogens is 202 g/mol. The lowest BCUT2D eigenvalue weighted by atomic mass is 10.1. The molecule has 0 saturated carbocycles. The number of aromatic hydroxyl groups is 1. The Kier molecular flexibility index (Phi) is 2.75. The molecule has 0 aliphatic heterocycles. The number of phenols is 1. The number of nitroso groups, excluding NO2 is 1. The molecule has 0 aliphatic carbocycles. The van der Waals surface area contributed by atoms with E-state index in [-0.39, 0.29) is 22.7 Å². The Morgan fingerprint density at radius 3 is 2.53 bits per heavy atom. The van der Waals surface area contributed by atoms with E-state index < -0.39 is 10.6 Å². The Balaban J connectivity index is 3.69. The summed E-state index contributed by atoms with van der Waals surface area (Å²) < 4.78 is 0. The fourth-order valence-corrected chi connectivity index (χ4v) is 1.13. The van der Waals surface area contributed by atoms with Gasteiger partial charge in [-0.3, -0.25) is 15.1 Å². The maximum Gasteiger partial charge on any atom is 0.300 e. The summed E-state index contributed by atoms with van der Waals surface area (Å²) in [5, 5.41) is 22.5. The van der Waals surface area contributed by atoms with Crippen molar-refractivity contribution in [2.75, 3.05) is 0 Å². The van der Waals surface area contributed by atoms with Gasteiger partial charge in [-0.05, 0) is 18.8 Å². The van der Waals surface area contributed by atoms with Crippen LogP contribution in [-0.2, 0) is 0 Å². The summed E-state index contributed by atoms with van der Waals surface area (Å²) in [6, 6.07) is 0.911. The van der Waals surface area contributed by atoms with Crippen molar-refractivity contribution in [1.29, 1.82) is 0 Å². The van der Waals surface area contributed by atoms with Crippen LogP contribution in [0.3, 0.4) is 0 Å². The molecule has 0 aromatic heterocycles. The Morgan fingerprint density at radius 2 is 2.13 bits per heavy atom. The molecule has 0 fully saturated rings. The molecule has 0 heterocycles. The highest BCUT2D eigenvalue weighted by molar-refractivity contribution is 5.80. The molecule has 1 N–H and O–H groups in total. The van der Waals surface area contributed by atoms with Gasteiger partial charge >= 0.3 is 5.69 Å². The second kappa shape index (κ2) is 3.82. The van der Waals surface area contributed by atoms with Crippen LogP contribution in [0, 0.1) is 21.9 Å². The van der Waals surface area contributed by atoms with Gasteiger partial charge in [-0.25, -0.2) is 0 Å². The molecule has 1 rings (SSSR count). The largest absolute Gasteiger partial charge is 0.507 e. The highest BCUT2D eigenvalue weighted by Gasteiger charge is 2.22. The first-order valence-corrected chi connectivity index (χ1v) is 3.84. The Hall–Kier alpha value is -2.31. The molecule has 7 nitrogen and oxygen atoms in total. The van der Waals surface area contributed by atoms with E-state index in [1.807, 2.05) is 0 Å². The summed E-state index contributed by atoms with van der Waals surface area (Å²) in [7, 11) is 0. The van der Waals surface area contributed by atoms with E-state index in [1.165, 1.54) is 6.92 Å². The third kappa shape index (κ3) is 1.66. The second-order valence-electron chi connectivity index (χ2n) is 2.74. The number of nitrogens with zero attached hydrogens (tertiary/aromatic N) is 3. The number of aliphatic imine (C=N–C) groups is 1. The molecule has 0 radical (unpaired) electrons. The fraction of sp³-hybridized carbons (Fsp3) is 0.125. The first-order chi connectivity index (χ1) is 7.02. The fourth-order valence-electron chi connectivity index (χ4n) is 1.13. The molecular formula is C8H7N3O4. The number of benzene rings is 1. The van der Waals surface area contributed by atoms with Gasteiger partial charge in [0.15, 0.2) is 5.69 Å². The van der Waals surface area contributed by atoms with Crippen molar-refractivity contribution in [3.05, 3.63) is 26.7 Å². The molecule has 7 heteroatoms. The van der Waals surface area contributed by atoms with Gasteiger partial charge in [0.25, 0.3) is 0 Å². The van der Waals surface area contributed by atoms with Crippen molar-refractivity contribution in [3.8, 4) is 5.75 Å². The van der Waals surface area contributed by atoms with Crippen molar-refractivity contribution in [2.45, 2.75) is 6.92 Å². The van der Waals surface area contributed by atoms with Crippen LogP contribution in [0.25, 0.3) is 0 Å². The maximum absolute atomic E-state index is 10.6. The van der Waals surface area contributed by atoms with E-state index in [2.05, 4.69) is 16.9 Å². The van der Waals surface area contributed by atoms with E-state index >= 15 is 0 Å². The summed E-state index contributed by atoms with van der Waals surface area (Å²) in [6.45, 7) is 4.53. The van der Waals surface area contributed by atoms with Gasteiger partial charge in [0.2, 0.25) is 0 Å². The lowest BCUT2D eigenvalue weighted by molar-refractivity contribution is -0.384. The molecule has 0 spiro atoms. The number of nitro groups is 1. The highest BCUT2D eigenvalue weighted by atomic mass is 16.6. The van der Waals surface area contributed by atoms with Crippen LogP contribution >= 0.6 is 0 Å². The summed E-state index contributed by atoms with van der Waals surface area (Å²) in [5.74, 6) is -0.372. The Morgan fingerprint density at radius 1 is 1.53 bits per heavy atom. The highest BCUT2D eigenvalue weighted by Crippen LogP contribution is 2.43. The van der Waals surface area contributed by atoms with Crippen molar-refractivity contribution in [3.63, 3.8) is 0 Å². The van der Waals surface area contributed by atoms with Crippen molar-refractivity contribution >= 4 is 23.8 Å². The summed E-state index contributed by atoms with van der Waals surface area (Å²) in [4.78, 5) is 23.6. The maximum atomic E-state index is 10.6. The SMILES string of the molecule is C=Nc1c([N+](=O)[O-])cc(O)c(C)c1N=O. The van der Waals surface area contributed by atoms with Crippen LogP contribution in [-0.4, -0.2) is 16.7 Å². The quantitative estimate of drug-likeness (QED) is 0.357. The minimum Gasteiger partial charge on any atom is -0.507 e. The Labute approximate surface area is 84.2 Å². The van der Waals surface area contributed by atoms with Crippen LogP contribution in [0.4, 0.5) is 17.1 Å². The molecule has 0 unspecified atom stereocenters. The molecule has 0 amide bonds. The molecule has 1 aromatic carbocycles. The first kappa shape index (κ1) is 10.8. The summed E-state index contributed by atoms with van der Waals surface area (Å²) >= 11 is 0. The van der Waals surface area contributed by atoms with E-state index in [1.54, 1.807) is 0 Å². The van der Waals surface area contributed by atoms with Gasteiger partial charge < -0.3 is 5.11 Å². The minimum absolute atomic E-state index is 0.137. The lowest BCUT2D eigenvalue weighted by Gasteiger charge is -2.04. The lowest BCUT2D eigenvalue weighted by Crippen LogP contribution is -1.90. The first-order valence-electron chi connectivity index (χ1n) is 3.84. The zero-order valence-electron chi connectivity index (χ0n) is 7.80. The van der Waals surface area contributed by atoms with Gasteiger partial charge in [-0.15, -0.1) is 4.91 Å². The van der Waals surface area contributed by atoms with Crippen molar-refractivity contribution in [1.82, 2.24) is 0 Å². The normalized spacial score (nSPS) is 9.67. The minimum atomic E-state index is -0.766. The van der Waals surface area contributed by atoms with Crippen molar-refractivity contribution in [2.24, 2.45) is 10.2 Å². The second-order valence-corrected chi connectivity index (χ2v) is 2.74. The molecule has 78 valence electrons. The van der Waals surface area contributed by atoms with Crippen LogP contribution in [0.5, 0.6) is 5.75 Å². The summed E-state index contributed by atoms with van der Waals surface area (Å²) in [6.07, 6.45) is 0. The number of nitro benzene ring substituents is 1. The molecule has 15 heavy (non-hydrogen) atoms. The molecule has 0 bridgehead atoms. The predicted octanol–water partition coefficient (Wildman–Crippen LogP) is 2.34. The number of hydrogen-bond donors (Lipinski definition) is 1. The summed E-state index contributed by atoms with van der Waals surface area (Å²) in [5.41, 5.74) is -0.859. The molecule has 0 saturated heterocycles. The zero-order chi connectivity index (χ0) is 11.6. The van der Waals surface area contributed by atoms with Crippen LogP contribution < -0.4 is 0 Å². The molecule has 0 aliphatic rings. The van der Waals surface area contributed by atoms with Gasteiger partial charge in [-0.2, -0.15) is 0 Å². The molecule has 1 aromatic rings. The van der Waals surface area contributed by atoms with Crippen LogP contribution in [0.1, 0.15) is 5.56 Å². The smallest absolute Gasteiger partial charge is 0.300 e. The molecule has 0 atom stereocenters. The van der Waals surface area contributed by atoms with Gasteiger partial charge in [0, 0.05) is 5.56 Å². The van der Waals surface area contributed by atoms with E-state index in [4.69, 9.17) is 0 Å². The average molecular weight is 209 g/mol.